The van der Waals surface area contributed by atoms with Crippen LogP contribution in [0.4, 0.5) is 0 Å². The number of benzene rings is 1. The van der Waals surface area contributed by atoms with Gasteiger partial charge in [-0.15, -0.1) is 0 Å². The molecule has 0 fully saturated rings. The largest absolute Gasteiger partial charge is 0.342 e. The molecule has 1 aromatic heterocycles. The average Bonchev–Trinajstić information content (AvgIpc) is 2.76. The van der Waals surface area contributed by atoms with Crippen LogP contribution in [0.25, 0.3) is 10.9 Å². The maximum atomic E-state index is 3.69. The summed E-state index contributed by atoms with van der Waals surface area (Å²) in [7, 11) is 0. The Kier molecular flexibility index (Phi) is 2.28. The first-order valence-corrected chi connectivity index (χ1v) is 7.25. The summed E-state index contributed by atoms with van der Waals surface area (Å²) in [4.78, 5) is 0. The normalized spacial score (nSPS) is 22.2. The Morgan fingerprint density at radius 3 is 3.22 bits per heavy atom. The quantitative estimate of drug-likeness (QED) is 0.810. The molecule has 4 rings (SSSR count). The molecule has 0 spiro atoms. The summed E-state index contributed by atoms with van der Waals surface area (Å²) in [5.74, 6) is 0. The Bertz CT molecular complexity index is 607. The van der Waals surface area contributed by atoms with Gasteiger partial charge in [0.05, 0.1) is 0 Å². The van der Waals surface area contributed by atoms with Crippen molar-refractivity contribution in [3.8, 4) is 0 Å². The van der Waals surface area contributed by atoms with E-state index in [4.69, 9.17) is 0 Å². The van der Waals surface area contributed by atoms with E-state index in [1.54, 1.807) is 11.3 Å². The lowest BCUT2D eigenvalue weighted by Crippen LogP contribution is -2.35. The molecule has 1 atom stereocenters. The lowest BCUT2D eigenvalue weighted by Gasteiger charge is -2.31. The molecular formula is C16H20N2. The van der Waals surface area contributed by atoms with Gasteiger partial charge in [0, 0.05) is 35.7 Å². The average molecular weight is 240 g/mol. The second-order valence-electron chi connectivity index (χ2n) is 5.62. The second-order valence-corrected chi connectivity index (χ2v) is 5.62. The van der Waals surface area contributed by atoms with Crippen LogP contribution in [0.5, 0.6) is 0 Å². The van der Waals surface area contributed by atoms with Crippen LogP contribution in [0.1, 0.15) is 42.6 Å². The van der Waals surface area contributed by atoms with Gasteiger partial charge in [0.25, 0.3) is 0 Å². The maximum absolute atomic E-state index is 3.69. The van der Waals surface area contributed by atoms with E-state index in [1.807, 2.05) is 0 Å². The van der Waals surface area contributed by atoms with Crippen molar-refractivity contribution in [1.29, 1.82) is 0 Å². The zero-order valence-electron chi connectivity index (χ0n) is 11.0. The Hall–Kier alpha value is -1.28. The fraction of sp³-hybridized carbons (Fsp3) is 0.500. The van der Waals surface area contributed by atoms with E-state index in [-0.39, 0.29) is 0 Å². The Morgan fingerprint density at radius 2 is 2.33 bits per heavy atom. The van der Waals surface area contributed by atoms with Gasteiger partial charge in [-0.3, -0.25) is 0 Å². The van der Waals surface area contributed by atoms with Crippen molar-refractivity contribution in [2.75, 3.05) is 6.54 Å². The SMILES string of the molecule is CCc1ccc2c(c1)c1c3n2CCN[C@@H]3CCC1. The molecule has 0 amide bonds. The van der Waals surface area contributed by atoms with Gasteiger partial charge in [0.15, 0.2) is 0 Å². The van der Waals surface area contributed by atoms with Gasteiger partial charge in [-0.05, 0) is 48.9 Å². The van der Waals surface area contributed by atoms with Gasteiger partial charge in [-0.2, -0.15) is 0 Å². The molecule has 2 aliphatic rings. The van der Waals surface area contributed by atoms with Gasteiger partial charge < -0.3 is 9.88 Å². The highest BCUT2D eigenvalue weighted by Gasteiger charge is 2.29. The molecule has 0 bridgehead atoms. The van der Waals surface area contributed by atoms with Gasteiger partial charge in [-0.1, -0.05) is 13.0 Å². The Morgan fingerprint density at radius 1 is 1.39 bits per heavy atom. The summed E-state index contributed by atoms with van der Waals surface area (Å²) in [6.07, 6.45) is 5.05. The van der Waals surface area contributed by atoms with Crippen molar-refractivity contribution >= 4 is 10.9 Å². The highest BCUT2D eigenvalue weighted by molar-refractivity contribution is 5.87. The zero-order chi connectivity index (χ0) is 12.1. The maximum Gasteiger partial charge on any atom is 0.0486 e. The molecule has 1 aliphatic carbocycles. The van der Waals surface area contributed by atoms with Crippen molar-refractivity contribution in [1.82, 2.24) is 9.88 Å². The molecule has 2 heterocycles. The summed E-state index contributed by atoms with van der Waals surface area (Å²) in [6, 6.07) is 7.68. The number of hydrogen-bond acceptors (Lipinski definition) is 1. The predicted molar refractivity (Wildman–Crippen MR) is 75.0 cm³/mol. The highest BCUT2D eigenvalue weighted by atomic mass is 15.1. The van der Waals surface area contributed by atoms with Crippen molar-refractivity contribution in [3.63, 3.8) is 0 Å². The molecule has 18 heavy (non-hydrogen) atoms. The second kappa shape index (κ2) is 3.86. The van der Waals surface area contributed by atoms with Crippen LogP contribution in [0.2, 0.25) is 0 Å². The van der Waals surface area contributed by atoms with Crippen molar-refractivity contribution in [3.05, 3.63) is 35.0 Å². The van der Waals surface area contributed by atoms with Gasteiger partial charge in [0.2, 0.25) is 0 Å². The molecule has 2 heteroatoms. The lowest BCUT2D eigenvalue weighted by atomic mass is 9.90. The van der Waals surface area contributed by atoms with Crippen LogP contribution in [0.3, 0.4) is 0 Å². The van der Waals surface area contributed by atoms with Crippen LogP contribution in [0.15, 0.2) is 18.2 Å². The molecule has 0 saturated carbocycles. The smallest absolute Gasteiger partial charge is 0.0486 e. The molecule has 1 aliphatic heterocycles. The number of aromatic nitrogens is 1. The lowest BCUT2D eigenvalue weighted by molar-refractivity contribution is 0.384. The van der Waals surface area contributed by atoms with Crippen LogP contribution in [-0.2, 0) is 19.4 Å². The summed E-state index contributed by atoms with van der Waals surface area (Å²) in [6.45, 7) is 4.50. The molecular weight excluding hydrogens is 220 g/mol. The monoisotopic (exact) mass is 240 g/mol. The molecule has 0 saturated heterocycles. The molecule has 0 unspecified atom stereocenters. The molecule has 94 valence electrons. The van der Waals surface area contributed by atoms with Crippen LogP contribution in [0, 0.1) is 0 Å². The third kappa shape index (κ3) is 1.33. The van der Waals surface area contributed by atoms with E-state index in [1.165, 1.54) is 35.7 Å². The standard InChI is InChI=1S/C16H20N2/c1-2-11-6-7-15-13(10-11)12-4-3-5-14-16(12)18(15)9-8-17-14/h6-7,10,14,17H,2-5,8-9H2,1H3/t14-/m1/s1. The van der Waals surface area contributed by atoms with E-state index < -0.39 is 0 Å². The van der Waals surface area contributed by atoms with E-state index in [2.05, 4.69) is 35.0 Å². The molecule has 1 N–H and O–H groups in total. The number of rotatable bonds is 1. The molecule has 0 radical (unpaired) electrons. The number of fused-ring (bicyclic) bond motifs is 3. The van der Waals surface area contributed by atoms with Gasteiger partial charge in [-0.25, -0.2) is 0 Å². The minimum absolute atomic E-state index is 0.611. The highest BCUT2D eigenvalue weighted by Crippen LogP contribution is 2.39. The summed E-state index contributed by atoms with van der Waals surface area (Å²) >= 11 is 0. The van der Waals surface area contributed by atoms with Crippen LogP contribution >= 0.6 is 0 Å². The topological polar surface area (TPSA) is 17.0 Å². The van der Waals surface area contributed by atoms with Crippen molar-refractivity contribution in [2.24, 2.45) is 0 Å². The molecule has 1 aromatic carbocycles. The Balaban J connectivity index is 2.05. The third-order valence-electron chi connectivity index (χ3n) is 4.66. The summed E-state index contributed by atoms with van der Waals surface area (Å²) in [5.41, 5.74) is 6.15. The summed E-state index contributed by atoms with van der Waals surface area (Å²) in [5, 5.41) is 5.21. The van der Waals surface area contributed by atoms with Crippen LogP contribution < -0.4 is 5.32 Å². The molecule has 2 nitrogen and oxygen atoms in total. The third-order valence-corrected chi connectivity index (χ3v) is 4.66. The van der Waals surface area contributed by atoms with E-state index in [0.717, 1.165) is 19.5 Å². The van der Waals surface area contributed by atoms with E-state index in [0.29, 0.717) is 6.04 Å². The Labute approximate surface area is 108 Å². The predicted octanol–water partition coefficient (Wildman–Crippen LogP) is 3.18. The first kappa shape index (κ1) is 10.6. The molecule has 2 aromatic rings. The van der Waals surface area contributed by atoms with E-state index in [9.17, 15) is 0 Å². The minimum atomic E-state index is 0.611. The summed E-state index contributed by atoms with van der Waals surface area (Å²) < 4.78 is 2.57. The van der Waals surface area contributed by atoms with Crippen LogP contribution in [-0.4, -0.2) is 11.1 Å². The van der Waals surface area contributed by atoms with Crippen molar-refractivity contribution < 1.29 is 0 Å². The zero-order valence-corrected chi connectivity index (χ0v) is 11.0. The van der Waals surface area contributed by atoms with E-state index >= 15 is 0 Å². The number of aryl methyl sites for hydroxylation is 2. The number of nitrogens with one attached hydrogen (secondary N) is 1. The van der Waals surface area contributed by atoms with Crippen molar-refractivity contribution in [2.45, 2.75) is 45.2 Å². The number of hydrogen-bond donors (Lipinski definition) is 1. The van der Waals surface area contributed by atoms with Gasteiger partial charge >= 0.3 is 0 Å². The van der Waals surface area contributed by atoms with Gasteiger partial charge in [0.1, 0.15) is 0 Å². The number of nitrogens with zero attached hydrogens (tertiary/aromatic N) is 1. The first-order chi connectivity index (χ1) is 8.88. The minimum Gasteiger partial charge on any atom is -0.342 e. The fourth-order valence-corrected chi connectivity index (χ4v) is 3.78. The fourth-order valence-electron chi connectivity index (χ4n) is 3.78. The first-order valence-electron chi connectivity index (χ1n) is 7.25.